The van der Waals surface area contributed by atoms with E-state index in [9.17, 15) is 0 Å². The minimum Gasteiger partial charge on any atom is -0.380 e. The summed E-state index contributed by atoms with van der Waals surface area (Å²) in [5.74, 6) is 1.33. The number of halogens is 4. The van der Waals surface area contributed by atoms with E-state index in [-0.39, 0.29) is 12.4 Å². The van der Waals surface area contributed by atoms with Crippen LogP contribution < -0.4 is 26.6 Å². The van der Waals surface area contributed by atoms with E-state index < -0.39 is 0 Å². The number of hydrogen-bond donors (Lipinski definition) is 6. The molecule has 0 saturated carbocycles. The van der Waals surface area contributed by atoms with Gasteiger partial charge in [0.05, 0.1) is 16.9 Å². The molecule has 5 aliphatic rings. The van der Waals surface area contributed by atoms with Crippen molar-refractivity contribution in [2.75, 3.05) is 43.4 Å². The van der Waals surface area contributed by atoms with Crippen molar-refractivity contribution >= 4 is 82.5 Å². The second-order valence-electron chi connectivity index (χ2n) is 11.8. The zero-order valence-corrected chi connectivity index (χ0v) is 29.5. The van der Waals surface area contributed by atoms with Crippen molar-refractivity contribution in [1.29, 1.82) is 0 Å². The van der Waals surface area contributed by atoms with Crippen LogP contribution in [0.5, 0.6) is 0 Å². The molecule has 1 aromatic heterocycles. The van der Waals surface area contributed by atoms with Crippen LogP contribution in [0.15, 0.2) is 68.0 Å². The molecule has 43 heavy (non-hydrogen) atoms. The topological polar surface area (TPSA) is 75.9 Å². The fraction of sp³-hybridized carbons (Fsp3) is 0.394. The Kier molecular flexibility index (Phi) is 10.1. The molecule has 0 radical (unpaired) electrons. The van der Waals surface area contributed by atoms with Crippen molar-refractivity contribution in [2.45, 2.75) is 49.7 Å². The van der Waals surface area contributed by atoms with Gasteiger partial charge in [-0.1, -0.05) is 36.4 Å². The van der Waals surface area contributed by atoms with Gasteiger partial charge in [-0.2, -0.15) is 0 Å². The maximum atomic E-state index is 3.62. The Bertz CT molecular complexity index is 1520. The van der Waals surface area contributed by atoms with Gasteiger partial charge in [0.1, 0.15) is 0 Å². The zero-order valence-electron chi connectivity index (χ0n) is 23.9. The number of nitrogens with one attached hydrogen (secondary N) is 6. The fourth-order valence-electron chi connectivity index (χ4n) is 7.22. The molecule has 5 aliphatic heterocycles. The number of H-pyrrole nitrogens is 1. The van der Waals surface area contributed by atoms with Crippen molar-refractivity contribution in [1.82, 2.24) is 20.9 Å². The lowest BCUT2D eigenvalue weighted by atomic mass is 9.91. The summed E-state index contributed by atoms with van der Waals surface area (Å²) in [5.41, 5.74) is 9.63. The highest BCUT2D eigenvalue weighted by atomic mass is 79.9. The van der Waals surface area contributed by atoms with Gasteiger partial charge in [0, 0.05) is 81.0 Å². The Hall–Kier alpha value is -1.59. The van der Waals surface area contributed by atoms with E-state index in [4.69, 9.17) is 0 Å². The lowest BCUT2D eigenvalue weighted by Gasteiger charge is -2.26. The zero-order chi connectivity index (χ0) is 28.6. The fourth-order valence-corrected chi connectivity index (χ4v) is 8.68. The number of piperidine rings is 2. The van der Waals surface area contributed by atoms with Gasteiger partial charge in [0.2, 0.25) is 0 Å². The number of aromatic nitrogens is 1. The third-order valence-corrected chi connectivity index (χ3v) is 11.3. The molecule has 4 aromatic rings. The summed E-state index contributed by atoms with van der Waals surface area (Å²) in [5, 5.41) is 18.9. The molecular formula is C33H38Br3ClN6. The average Bonchev–Trinajstić information content (AvgIpc) is 3.72. The van der Waals surface area contributed by atoms with Crippen LogP contribution in [0.1, 0.15) is 47.1 Å². The van der Waals surface area contributed by atoms with E-state index in [0.717, 1.165) is 50.2 Å². The number of hydrogen-bond acceptors (Lipinski definition) is 5. The standard InChI is InChI=1S/2C11H13BrN2.C11H11BrN2.ClH/c3*12-9-3-1-2-7-8-6-13-5-4-10(8)14-11(7)9;/h2*1-3,8,10,13-14H,4-6H2;1-3,13-14H,4-6H2;1H/t8-,10-;;;/m0.../s1. The van der Waals surface area contributed by atoms with Crippen LogP contribution in [0.2, 0.25) is 0 Å². The van der Waals surface area contributed by atoms with E-state index in [0.29, 0.717) is 23.9 Å². The first-order valence-electron chi connectivity index (χ1n) is 15.1. The molecule has 9 rings (SSSR count). The predicted molar refractivity (Wildman–Crippen MR) is 192 cm³/mol. The Morgan fingerprint density at radius 1 is 0.628 bits per heavy atom. The predicted octanol–water partition coefficient (Wildman–Crippen LogP) is 7.64. The van der Waals surface area contributed by atoms with Crippen molar-refractivity contribution in [3.8, 4) is 0 Å². The number of aromatic amines is 1. The van der Waals surface area contributed by atoms with Crippen LogP contribution >= 0.6 is 60.2 Å². The van der Waals surface area contributed by atoms with Crippen LogP contribution in [0.25, 0.3) is 10.9 Å². The second kappa shape index (κ2) is 13.8. The first-order valence-corrected chi connectivity index (χ1v) is 17.5. The van der Waals surface area contributed by atoms with E-state index in [2.05, 4.69) is 134 Å². The van der Waals surface area contributed by atoms with Gasteiger partial charge in [-0.3, -0.25) is 0 Å². The SMILES string of the molecule is Brc1cccc2c1NC1CCNCC21.Brc1cccc2c1N[C@H]1CCNC[C@@H]21.Brc1cccc2c3c([nH]c12)CCNC3.Cl. The first kappa shape index (κ1) is 31.4. The van der Waals surface area contributed by atoms with E-state index in [1.54, 1.807) is 0 Å². The third-order valence-electron chi connectivity index (χ3n) is 9.35. The second-order valence-corrected chi connectivity index (χ2v) is 14.3. The summed E-state index contributed by atoms with van der Waals surface area (Å²) >= 11 is 10.8. The molecule has 6 N–H and O–H groups in total. The van der Waals surface area contributed by atoms with Gasteiger partial charge in [-0.25, -0.2) is 0 Å². The minimum atomic E-state index is 0. The van der Waals surface area contributed by atoms with Crippen molar-refractivity contribution in [3.63, 3.8) is 0 Å². The highest BCUT2D eigenvalue weighted by molar-refractivity contribution is 9.11. The largest absolute Gasteiger partial charge is 0.380 e. The third kappa shape index (κ3) is 6.28. The molecule has 6 heterocycles. The summed E-state index contributed by atoms with van der Waals surface area (Å²) < 4.78 is 3.55. The lowest BCUT2D eigenvalue weighted by Crippen LogP contribution is -2.38. The molecule has 6 nitrogen and oxygen atoms in total. The Morgan fingerprint density at radius 3 is 1.79 bits per heavy atom. The number of para-hydroxylation sites is 3. The number of benzene rings is 3. The maximum absolute atomic E-state index is 3.62. The molecule has 0 amide bonds. The van der Waals surface area contributed by atoms with Crippen molar-refractivity contribution < 1.29 is 0 Å². The van der Waals surface area contributed by atoms with Crippen LogP contribution in [0.4, 0.5) is 11.4 Å². The van der Waals surface area contributed by atoms with Gasteiger partial charge < -0.3 is 31.6 Å². The molecule has 2 fully saturated rings. The first-order chi connectivity index (χ1) is 20.6. The average molecular weight is 794 g/mol. The van der Waals surface area contributed by atoms with E-state index in [1.165, 1.54) is 66.4 Å². The Balaban J connectivity index is 0.000000113. The van der Waals surface area contributed by atoms with E-state index in [1.807, 2.05) is 0 Å². The summed E-state index contributed by atoms with van der Waals surface area (Å²) in [4.78, 5) is 3.50. The van der Waals surface area contributed by atoms with Crippen molar-refractivity contribution in [3.05, 3.63) is 90.4 Å². The smallest absolute Gasteiger partial charge is 0.0603 e. The summed E-state index contributed by atoms with van der Waals surface area (Å²) in [7, 11) is 0. The van der Waals surface area contributed by atoms with Gasteiger partial charge in [-0.05, 0) is 109 Å². The maximum Gasteiger partial charge on any atom is 0.0603 e. The Labute approximate surface area is 285 Å². The number of rotatable bonds is 0. The van der Waals surface area contributed by atoms with Crippen LogP contribution in [-0.2, 0) is 13.0 Å². The molecular weight excluding hydrogens is 756 g/mol. The van der Waals surface area contributed by atoms with E-state index >= 15 is 0 Å². The van der Waals surface area contributed by atoms with Gasteiger partial charge in [-0.15, -0.1) is 12.4 Å². The lowest BCUT2D eigenvalue weighted by molar-refractivity contribution is 0.440. The minimum absolute atomic E-state index is 0. The van der Waals surface area contributed by atoms with Gasteiger partial charge >= 0.3 is 0 Å². The molecule has 2 unspecified atom stereocenters. The summed E-state index contributed by atoms with van der Waals surface area (Å²) in [6.45, 7) is 6.57. The molecule has 228 valence electrons. The van der Waals surface area contributed by atoms with Crippen molar-refractivity contribution in [2.24, 2.45) is 0 Å². The molecule has 0 bridgehead atoms. The quantitative estimate of drug-likeness (QED) is 0.111. The van der Waals surface area contributed by atoms with Crippen LogP contribution in [0.3, 0.4) is 0 Å². The highest BCUT2D eigenvalue weighted by Crippen LogP contribution is 2.43. The molecule has 10 heteroatoms. The Morgan fingerprint density at radius 2 is 1.19 bits per heavy atom. The van der Waals surface area contributed by atoms with Gasteiger partial charge in [0.15, 0.2) is 0 Å². The van der Waals surface area contributed by atoms with Crippen LogP contribution in [0, 0.1) is 0 Å². The number of fused-ring (bicyclic) bond motifs is 9. The summed E-state index contributed by atoms with van der Waals surface area (Å²) in [6.07, 6.45) is 3.56. The normalized spacial score (nSPS) is 24.2. The van der Waals surface area contributed by atoms with Crippen LogP contribution in [-0.4, -0.2) is 49.8 Å². The summed E-state index contributed by atoms with van der Waals surface area (Å²) in [6, 6.07) is 20.6. The molecule has 0 spiro atoms. The molecule has 4 atom stereocenters. The highest BCUT2D eigenvalue weighted by Gasteiger charge is 2.35. The molecule has 0 aliphatic carbocycles. The number of anilines is 2. The monoisotopic (exact) mass is 790 g/mol. The molecule has 2 saturated heterocycles. The molecule has 3 aromatic carbocycles. The van der Waals surface area contributed by atoms with Gasteiger partial charge in [0.25, 0.3) is 0 Å².